The number of halogens is 2. The van der Waals surface area contributed by atoms with Crippen molar-refractivity contribution in [1.82, 2.24) is 0 Å². The second-order valence-corrected chi connectivity index (χ2v) is 4.68. The van der Waals surface area contributed by atoms with Crippen molar-refractivity contribution in [3.05, 3.63) is 65.2 Å². The Bertz CT molecular complexity index is 615. The van der Waals surface area contributed by atoms with Gasteiger partial charge >= 0.3 is 0 Å². The van der Waals surface area contributed by atoms with Gasteiger partial charge in [0.15, 0.2) is 11.6 Å². The van der Waals surface area contributed by atoms with Crippen molar-refractivity contribution >= 4 is 0 Å². The highest BCUT2D eigenvalue weighted by atomic mass is 19.1. The molecule has 2 aromatic carbocycles. The van der Waals surface area contributed by atoms with Crippen LogP contribution in [0.5, 0.6) is 5.75 Å². The van der Waals surface area contributed by atoms with E-state index in [0.717, 1.165) is 0 Å². The molecular weight excluding hydrogens is 260 g/mol. The predicted molar refractivity (Wildman–Crippen MR) is 74.6 cm³/mol. The molecule has 1 atom stereocenters. The number of benzene rings is 2. The van der Waals surface area contributed by atoms with E-state index >= 15 is 0 Å². The third-order valence-electron chi connectivity index (χ3n) is 3.56. The molecule has 0 saturated carbocycles. The highest BCUT2D eigenvalue weighted by Gasteiger charge is 2.28. The number of rotatable bonds is 4. The summed E-state index contributed by atoms with van der Waals surface area (Å²) in [5, 5.41) is 0. The molecule has 0 heterocycles. The van der Waals surface area contributed by atoms with Crippen LogP contribution in [0, 0.1) is 11.6 Å². The highest BCUT2D eigenvalue weighted by Crippen LogP contribution is 2.32. The van der Waals surface area contributed by atoms with E-state index in [9.17, 15) is 8.78 Å². The van der Waals surface area contributed by atoms with Crippen molar-refractivity contribution in [2.75, 3.05) is 7.11 Å². The van der Waals surface area contributed by atoms with Crippen molar-refractivity contribution in [2.45, 2.75) is 18.9 Å². The van der Waals surface area contributed by atoms with Crippen molar-refractivity contribution in [2.24, 2.45) is 5.73 Å². The van der Waals surface area contributed by atoms with Crippen LogP contribution in [-0.4, -0.2) is 7.11 Å². The first kappa shape index (κ1) is 14.5. The maximum absolute atomic E-state index is 13.9. The van der Waals surface area contributed by atoms with Crippen LogP contribution in [0.15, 0.2) is 42.5 Å². The van der Waals surface area contributed by atoms with E-state index in [0.29, 0.717) is 17.5 Å². The van der Waals surface area contributed by atoms with Crippen LogP contribution in [-0.2, 0) is 5.54 Å². The fourth-order valence-electron chi connectivity index (χ4n) is 2.28. The van der Waals surface area contributed by atoms with Gasteiger partial charge in [-0.15, -0.1) is 0 Å². The number of hydrogen-bond donors (Lipinski definition) is 1. The van der Waals surface area contributed by atoms with E-state index in [2.05, 4.69) is 0 Å². The van der Waals surface area contributed by atoms with Crippen LogP contribution in [0.1, 0.15) is 24.5 Å². The summed E-state index contributed by atoms with van der Waals surface area (Å²) in [6.45, 7) is 1.88. The monoisotopic (exact) mass is 277 g/mol. The second-order valence-electron chi connectivity index (χ2n) is 4.68. The lowest BCUT2D eigenvalue weighted by atomic mass is 9.81. The van der Waals surface area contributed by atoms with Gasteiger partial charge in [0, 0.05) is 0 Å². The molecule has 0 spiro atoms. The van der Waals surface area contributed by atoms with Crippen LogP contribution in [0.4, 0.5) is 8.78 Å². The molecule has 2 N–H and O–H groups in total. The van der Waals surface area contributed by atoms with E-state index in [1.165, 1.54) is 31.4 Å². The summed E-state index contributed by atoms with van der Waals surface area (Å²) in [6, 6.07) is 10.7. The van der Waals surface area contributed by atoms with Crippen molar-refractivity contribution < 1.29 is 13.5 Å². The minimum Gasteiger partial charge on any atom is -0.494 e. The Morgan fingerprint density at radius 2 is 1.80 bits per heavy atom. The Hall–Kier alpha value is -1.94. The van der Waals surface area contributed by atoms with Gasteiger partial charge in [0.1, 0.15) is 5.82 Å². The summed E-state index contributed by atoms with van der Waals surface area (Å²) in [5.74, 6) is -0.684. The Labute approximate surface area is 117 Å². The highest BCUT2D eigenvalue weighted by molar-refractivity contribution is 5.41. The van der Waals surface area contributed by atoms with Gasteiger partial charge in [-0.2, -0.15) is 0 Å². The molecule has 0 aliphatic heterocycles. The van der Waals surface area contributed by atoms with Gasteiger partial charge in [0.05, 0.1) is 12.6 Å². The molecule has 1 unspecified atom stereocenters. The molecule has 2 aromatic rings. The first-order chi connectivity index (χ1) is 9.51. The molecule has 0 aliphatic rings. The van der Waals surface area contributed by atoms with Gasteiger partial charge in [0.25, 0.3) is 0 Å². The van der Waals surface area contributed by atoms with Crippen LogP contribution in [0.25, 0.3) is 0 Å². The summed E-state index contributed by atoms with van der Waals surface area (Å²) < 4.78 is 32.2. The molecule has 0 aliphatic carbocycles. The lowest BCUT2D eigenvalue weighted by Gasteiger charge is -2.29. The van der Waals surface area contributed by atoms with Gasteiger partial charge < -0.3 is 10.5 Å². The third kappa shape index (κ3) is 2.51. The fourth-order valence-corrected chi connectivity index (χ4v) is 2.28. The van der Waals surface area contributed by atoms with Gasteiger partial charge in [-0.3, -0.25) is 0 Å². The fraction of sp³-hybridized carbons (Fsp3) is 0.250. The quantitative estimate of drug-likeness (QED) is 0.927. The smallest absolute Gasteiger partial charge is 0.165 e. The summed E-state index contributed by atoms with van der Waals surface area (Å²) >= 11 is 0. The second kappa shape index (κ2) is 5.59. The van der Waals surface area contributed by atoms with E-state index in [-0.39, 0.29) is 11.6 Å². The maximum Gasteiger partial charge on any atom is 0.165 e. The van der Waals surface area contributed by atoms with Crippen molar-refractivity contribution in [3.63, 3.8) is 0 Å². The standard InChI is InChI=1S/C16H17F2NO/c1-3-16(19,11-5-4-6-13(17)9-11)12-7-8-15(20-2)14(18)10-12/h4-10H,3,19H2,1-2H3. The molecule has 20 heavy (non-hydrogen) atoms. The Balaban J connectivity index is 2.53. The molecular formula is C16H17F2NO. The molecule has 2 rings (SSSR count). The van der Waals surface area contributed by atoms with Crippen LogP contribution < -0.4 is 10.5 Å². The van der Waals surface area contributed by atoms with E-state index in [4.69, 9.17) is 10.5 Å². The lowest BCUT2D eigenvalue weighted by molar-refractivity contribution is 0.384. The molecule has 0 fully saturated rings. The Kier molecular flexibility index (Phi) is 4.04. The summed E-state index contributed by atoms with van der Waals surface area (Å²) in [4.78, 5) is 0. The van der Waals surface area contributed by atoms with Crippen LogP contribution in [0.2, 0.25) is 0 Å². The maximum atomic E-state index is 13.9. The Morgan fingerprint density at radius 3 is 2.35 bits per heavy atom. The molecule has 0 amide bonds. The number of nitrogens with two attached hydrogens (primary N) is 1. The minimum absolute atomic E-state index is 0.159. The van der Waals surface area contributed by atoms with E-state index < -0.39 is 11.4 Å². The van der Waals surface area contributed by atoms with Gasteiger partial charge in [-0.25, -0.2) is 8.78 Å². The summed E-state index contributed by atoms with van der Waals surface area (Å²) in [7, 11) is 1.40. The van der Waals surface area contributed by atoms with Gasteiger partial charge in [-0.1, -0.05) is 25.1 Å². The molecule has 0 radical (unpaired) electrons. The molecule has 2 nitrogen and oxygen atoms in total. The van der Waals surface area contributed by atoms with Gasteiger partial charge in [-0.05, 0) is 41.8 Å². The average Bonchev–Trinajstić information content (AvgIpc) is 2.46. The molecule has 4 heteroatoms. The van der Waals surface area contributed by atoms with E-state index in [1.54, 1.807) is 18.2 Å². The van der Waals surface area contributed by atoms with Crippen molar-refractivity contribution in [3.8, 4) is 5.75 Å². The molecule has 0 saturated heterocycles. The third-order valence-corrected chi connectivity index (χ3v) is 3.56. The van der Waals surface area contributed by atoms with Crippen molar-refractivity contribution in [1.29, 1.82) is 0 Å². The average molecular weight is 277 g/mol. The molecule has 106 valence electrons. The number of ether oxygens (including phenoxy) is 1. The first-order valence-electron chi connectivity index (χ1n) is 6.40. The normalized spacial score (nSPS) is 13.8. The van der Waals surface area contributed by atoms with Crippen LogP contribution in [0.3, 0.4) is 0 Å². The van der Waals surface area contributed by atoms with E-state index in [1.807, 2.05) is 6.92 Å². The topological polar surface area (TPSA) is 35.2 Å². The Morgan fingerprint density at radius 1 is 1.10 bits per heavy atom. The predicted octanol–water partition coefficient (Wildman–Crippen LogP) is 3.59. The zero-order valence-electron chi connectivity index (χ0n) is 11.5. The molecule has 0 aromatic heterocycles. The SMILES string of the molecule is CCC(N)(c1cccc(F)c1)c1ccc(OC)c(F)c1. The number of hydrogen-bond acceptors (Lipinski definition) is 2. The van der Waals surface area contributed by atoms with Gasteiger partial charge in [0.2, 0.25) is 0 Å². The number of methoxy groups -OCH3 is 1. The zero-order valence-corrected chi connectivity index (χ0v) is 11.5. The molecule has 0 bridgehead atoms. The lowest BCUT2D eigenvalue weighted by Crippen LogP contribution is -2.37. The largest absolute Gasteiger partial charge is 0.494 e. The van der Waals surface area contributed by atoms with Crippen LogP contribution >= 0.6 is 0 Å². The first-order valence-corrected chi connectivity index (χ1v) is 6.40. The zero-order chi connectivity index (χ0) is 14.8. The minimum atomic E-state index is -0.935. The summed E-state index contributed by atoms with van der Waals surface area (Å²) in [6.07, 6.45) is 0.516. The summed E-state index contributed by atoms with van der Waals surface area (Å²) in [5.41, 5.74) is 6.66.